The largest absolute Gasteiger partial charge is 0.497 e. The minimum absolute atomic E-state index is 0.100. The molecule has 0 radical (unpaired) electrons. The predicted octanol–water partition coefficient (Wildman–Crippen LogP) is 4.91. The number of amidine groups is 1. The van der Waals surface area contributed by atoms with E-state index in [1.165, 1.54) is 11.8 Å². The Morgan fingerprint density at radius 3 is 2.23 bits per heavy atom. The van der Waals surface area contributed by atoms with Gasteiger partial charge in [-0.2, -0.15) is 0 Å². The molecule has 1 aliphatic rings. The molecule has 1 atom stereocenters. The van der Waals surface area contributed by atoms with Gasteiger partial charge in [0.05, 0.1) is 19.9 Å². The Balaban J connectivity index is 1.50. The second-order valence-electron chi connectivity index (χ2n) is 7.90. The van der Waals surface area contributed by atoms with Gasteiger partial charge in [0.1, 0.15) is 16.7 Å². The maximum Gasteiger partial charge on any atom is 0.238 e. The minimum atomic E-state index is -0.579. The summed E-state index contributed by atoms with van der Waals surface area (Å²) in [7, 11) is 3.22. The number of ether oxygens (including phenoxy) is 2. The normalized spacial score (nSPS) is 16.7. The van der Waals surface area contributed by atoms with Crippen molar-refractivity contribution in [1.29, 1.82) is 0 Å². The number of carbonyl (C=O) groups is 2. The van der Waals surface area contributed by atoms with Gasteiger partial charge in [0.25, 0.3) is 0 Å². The van der Waals surface area contributed by atoms with Crippen molar-refractivity contribution < 1.29 is 19.1 Å². The summed E-state index contributed by atoms with van der Waals surface area (Å²) in [6.45, 7) is 0.469. The van der Waals surface area contributed by atoms with Gasteiger partial charge in [-0.3, -0.25) is 14.5 Å². The van der Waals surface area contributed by atoms with Crippen LogP contribution in [0, 0.1) is 0 Å². The van der Waals surface area contributed by atoms with Crippen LogP contribution in [0.4, 0.5) is 11.4 Å². The van der Waals surface area contributed by atoms with Gasteiger partial charge >= 0.3 is 0 Å². The molecular weight excluding hydrogens is 462 g/mol. The van der Waals surface area contributed by atoms with Crippen LogP contribution in [0.2, 0.25) is 0 Å². The standard InChI is InChI=1S/C27H27N3O4S/c1-33-22-12-8-19(9-13-22)16-17-30-25(31)18-24(35-27(30)29-20-6-4-3-5-7-20)26(32)28-21-10-14-23(34-2)15-11-21/h3-15,24H,16-18H2,1-2H3,(H,28,32). The molecule has 2 amide bonds. The molecule has 0 saturated carbocycles. The van der Waals surface area contributed by atoms with Crippen LogP contribution in [-0.2, 0) is 16.0 Å². The number of amides is 2. The predicted molar refractivity (Wildman–Crippen MR) is 140 cm³/mol. The lowest BCUT2D eigenvalue weighted by molar-refractivity contribution is -0.129. The Morgan fingerprint density at radius 1 is 0.971 bits per heavy atom. The average molecular weight is 490 g/mol. The summed E-state index contributed by atoms with van der Waals surface area (Å²) in [5.74, 6) is 1.14. The van der Waals surface area contributed by atoms with Crippen LogP contribution >= 0.6 is 11.8 Å². The van der Waals surface area contributed by atoms with Gasteiger partial charge < -0.3 is 14.8 Å². The van der Waals surface area contributed by atoms with E-state index in [4.69, 9.17) is 14.5 Å². The highest BCUT2D eigenvalue weighted by Gasteiger charge is 2.35. The summed E-state index contributed by atoms with van der Waals surface area (Å²) < 4.78 is 10.4. The Hall–Kier alpha value is -3.78. The molecule has 3 aromatic rings. The van der Waals surface area contributed by atoms with Crippen LogP contribution in [0.5, 0.6) is 11.5 Å². The molecule has 35 heavy (non-hydrogen) atoms. The van der Waals surface area contributed by atoms with E-state index in [-0.39, 0.29) is 18.2 Å². The van der Waals surface area contributed by atoms with Gasteiger partial charge in [0.2, 0.25) is 11.8 Å². The molecule has 7 nitrogen and oxygen atoms in total. The Kier molecular flexibility index (Phi) is 8.05. The third-order valence-electron chi connectivity index (χ3n) is 5.55. The summed E-state index contributed by atoms with van der Waals surface area (Å²) in [5.41, 5.74) is 2.46. The van der Waals surface area contributed by atoms with E-state index in [2.05, 4.69) is 5.32 Å². The smallest absolute Gasteiger partial charge is 0.238 e. The van der Waals surface area contributed by atoms with E-state index >= 15 is 0 Å². The van der Waals surface area contributed by atoms with Crippen molar-refractivity contribution >= 4 is 40.1 Å². The number of hydrogen-bond acceptors (Lipinski definition) is 6. The fourth-order valence-electron chi connectivity index (χ4n) is 3.60. The third-order valence-corrected chi connectivity index (χ3v) is 6.74. The van der Waals surface area contributed by atoms with Crippen molar-refractivity contribution in [1.82, 2.24) is 4.90 Å². The van der Waals surface area contributed by atoms with Crippen LogP contribution < -0.4 is 14.8 Å². The molecule has 0 aliphatic carbocycles. The second kappa shape index (κ2) is 11.6. The first-order valence-corrected chi connectivity index (χ1v) is 12.1. The summed E-state index contributed by atoms with van der Waals surface area (Å²) in [6.07, 6.45) is 0.760. The number of para-hydroxylation sites is 1. The molecule has 8 heteroatoms. The number of benzene rings is 3. The zero-order valence-electron chi connectivity index (χ0n) is 19.6. The highest BCUT2D eigenvalue weighted by Crippen LogP contribution is 2.30. The maximum absolute atomic E-state index is 13.2. The van der Waals surface area contributed by atoms with Crippen LogP contribution in [0.3, 0.4) is 0 Å². The molecule has 0 bridgehead atoms. The highest BCUT2D eigenvalue weighted by atomic mass is 32.2. The van der Waals surface area contributed by atoms with Crippen molar-refractivity contribution in [3.05, 3.63) is 84.4 Å². The number of thioether (sulfide) groups is 1. The number of methoxy groups -OCH3 is 2. The van der Waals surface area contributed by atoms with Gasteiger partial charge in [-0.1, -0.05) is 42.1 Å². The second-order valence-corrected chi connectivity index (χ2v) is 9.07. The molecule has 1 aliphatic heterocycles. The molecule has 4 rings (SSSR count). The quantitative estimate of drug-likeness (QED) is 0.487. The summed E-state index contributed by atoms with van der Waals surface area (Å²) in [6, 6.07) is 24.3. The number of nitrogens with zero attached hydrogens (tertiary/aromatic N) is 2. The number of hydrogen-bond donors (Lipinski definition) is 1. The number of aliphatic imine (C=N–C) groups is 1. The maximum atomic E-state index is 13.2. The Morgan fingerprint density at radius 2 is 1.60 bits per heavy atom. The van der Waals surface area contributed by atoms with E-state index in [0.717, 1.165) is 17.0 Å². The SMILES string of the molecule is COc1ccc(CCN2C(=O)CC(C(=O)Nc3ccc(OC)cc3)SC2=Nc2ccccc2)cc1. The fraction of sp³-hybridized carbons (Fsp3) is 0.222. The minimum Gasteiger partial charge on any atom is -0.497 e. The van der Waals surface area contributed by atoms with E-state index < -0.39 is 5.25 Å². The topological polar surface area (TPSA) is 80.2 Å². The van der Waals surface area contributed by atoms with Gasteiger partial charge in [0.15, 0.2) is 5.17 Å². The highest BCUT2D eigenvalue weighted by molar-refractivity contribution is 8.15. The molecule has 1 heterocycles. The Bertz CT molecular complexity index is 1180. The van der Waals surface area contributed by atoms with Crippen LogP contribution in [0.25, 0.3) is 0 Å². The van der Waals surface area contributed by atoms with Crippen molar-refractivity contribution in [2.24, 2.45) is 4.99 Å². The lowest BCUT2D eigenvalue weighted by atomic mass is 10.1. The van der Waals surface area contributed by atoms with Crippen molar-refractivity contribution in [2.75, 3.05) is 26.1 Å². The molecule has 3 aromatic carbocycles. The molecule has 1 fully saturated rings. The number of anilines is 1. The van der Waals surface area contributed by atoms with Gasteiger partial charge in [-0.05, 0) is 60.5 Å². The zero-order valence-corrected chi connectivity index (χ0v) is 20.5. The first-order chi connectivity index (χ1) is 17.1. The van der Waals surface area contributed by atoms with E-state index in [9.17, 15) is 9.59 Å². The molecule has 1 N–H and O–H groups in total. The van der Waals surface area contributed by atoms with Gasteiger partial charge in [-0.15, -0.1) is 0 Å². The van der Waals surface area contributed by atoms with E-state index in [0.29, 0.717) is 29.6 Å². The lowest BCUT2D eigenvalue weighted by Gasteiger charge is -2.32. The molecule has 1 unspecified atom stereocenters. The Labute approximate surface area is 209 Å². The number of carbonyl (C=O) groups excluding carboxylic acids is 2. The monoisotopic (exact) mass is 489 g/mol. The summed E-state index contributed by atoms with van der Waals surface area (Å²) in [4.78, 5) is 32.6. The summed E-state index contributed by atoms with van der Waals surface area (Å²) >= 11 is 1.31. The lowest BCUT2D eigenvalue weighted by Crippen LogP contribution is -2.46. The van der Waals surface area contributed by atoms with Crippen LogP contribution in [0.15, 0.2) is 83.9 Å². The third kappa shape index (κ3) is 6.42. The van der Waals surface area contributed by atoms with Crippen molar-refractivity contribution in [3.8, 4) is 11.5 Å². The molecule has 0 spiro atoms. The molecule has 180 valence electrons. The average Bonchev–Trinajstić information content (AvgIpc) is 2.89. The molecule has 1 saturated heterocycles. The fourth-order valence-corrected chi connectivity index (χ4v) is 4.73. The van der Waals surface area contributed by atoms with Crippen LogP contribution in [0.1, 0.15) is 12.0 Å². The van der Waals surface area contributed by atoms with E-state index in [1.807, 2.05) is 54.6 Å². The molecular formula is C27H27N3O4S. The summed E-state index contributed by atoms with van der Waals surface area (Å²) in [5, 5.41) is 2.84. The van der Waals surface area contributed by atoms with Gasteiger partial charge in [0, 0.05) is 18.7 Å². The number of nitrogens with one attached hydrogen (secondary N) is 1. The number of rotatable bonds is 8. The zero-order chi connectivity index (χ0) is 24.6. The first-order valence-electron chi connectivity index (χ1n) is 11.2. The van der Waals surface area contributed by atoms with Crippen molar-refractivity contribution in [2.45, 2.75) is 18.1 Å². The van der Waals surface area contributed by atoms with Crippen LogP contribution in [-0.4, -0.2) is 47.9 Å². The van der Waals surface area contributed by atoms with Gasteiger partial charge in [-0.25, -0.2) is 4.99 Å². The molecule has 0 aromatic heterocycles. The van der Waals surface area contributed by atoms with Crippen molar-refractivity contribution in [3.63, 3.8) is 0 Å². The first kappa shape index (κ1) is 24.3. The van der Waals surface area contributed by atoms with E-state index in [1.54, 1.807) is 43.4 Å².